The molecule has 0 bridgehead atoms. The Labute approximate surface area is 147 Å². The van der Waals surface area contributed by atoms with Gasteiger partial charge >= 0.3 is 6.09 Å². The average Bonchev–Trinajstić information content (AvgIpc) is 3.10. The number of rotatable bonds is 5. The lowest BCUT2D eigenvalue weighted by Gasteiger charge is -2.12. The van der Waals surface area contributed by atoms with E-state index in [4.69, 9.17) is 4.74 Å². The molecule has 1 fully saturated rings. The minimum atomic E-state index is -0.426. The number of nitrogens with one attached hydrogen (secondary N) is 1. The minimum Gasteiger partial charge on any atom is -0.442 e. The van der Waals surface area contributed by atoms with Crippen LogP contribution < -0.4 is 10.2 Å². The second-order valence-electron chi connectivity index (χ2n) is 5.54. The number of anilines is 1. The number of cyclic esters (lactones) is 1. The SMILES string of the molecule is Cn1nccc1N1CC(CNC(=O)Cc2cccc(Br)c2)OC1=O. The van der Waals surface area contributed by atoms with E-state index in [9.17, 15) is 9.59 Å². The molecule has 2 heterocycles. The molecule has 0 saturated carbocycles. The van der Waals surface area contributed by atoms with Gasteiger partial charge in [0.05, 0.1) is 25.7 Å². The van der Waals surface area contributed by atoms with Crippen LogP contribution in [0.4, 0.5) is 10.6 Å². The lowest BCUT2D eigenvalue weighted by molar-refractivity contribution is -0.120. The van der Waals surface area contributed by atoms with Crippen molar-refractivity contribution in [3.63, 3.8) is 0 Å². The number of hydrogen-bond donors (Lipinski definition) is 1. The Morgan fingerprint density at radius 2 is 2.29 bits per heavy atom. The van der Waals surface area contributed by atoms with Crippen LogP contribution in [0.25, 0.3) is 0 Å². The number of aryl methyl sites for hydroxylation is 1. The molecule has 24 heavy (non-hydrogen) atoms. The zero-order chi connectivity index (χ0) is 17.1. The predicted octanol–water partition coefficient (Wildman–Crippen LogP) is 1.87. The first-order valence-electron chi connectivity index (χ1n) is 7.50. The number of amides is 2. The van der Waals surface area contributed by atoms with Crippen molar-refractivity contribution in [3.8, 4) is 0 Å². The van der Waals surface area contributed by atoms with Gasteiger partial charge in [0, 0.05) is 17.6 Å². The number of aromatic nitrogens is 2. The van der Waals surface area contributed by atoms with Crippen LogP contribution in [0.1, 0.15) is 5.56 Å². The number of nitrogens with zero attached hydrogens (tertiary/aromatic N) is 3. The highest BCUT2D eigenvalue weighted by Crippen LogP contribution is 2.20. The molecule has 1 aliphatic rings. The van der Waals surface area contributed by atoms with Crippen molar-refractivity contribution in [2.75, 3.05) is 18.0 Å². The maximum absolute atomic E-state index is 12.0. The number of hydrogen-bond acceptors (Lipinski definition) is 4. The minimum absolute atomic E-state index is 0.108. The third kappa shape index (κ3) is 3.76. The van der Waals surface area contributed by atoms with Crippen LogP contribution in [0.2, 0.25) is 0 Å². The Morgan fingerprint density at radius 1 is 1.46 bits per heavy atom. The Hall–Kier alpha value is -2.35. The molecule has 126 valence electrons. The lowest BCUT2D eigenvalue weighted by atomic mass is 10.1. The van der Waals surface area contributed by atoms with Gasteiger partial charge in [-0.25, -0.2) is 4.79 Å². The first kappa shape index (κ1) is 16.5. The summed E-state index contributed by atoms with van der Waals surface area (Å²) in [6.07, 6.45) is 1.10. The zero-order valence-electron chi connectivity index (χ0n) is 13.1. The van der Waals surface area contributed by atoms with Crippen molar-refractivity contribution in [2.45, 2.75) is 12.5 Å². The topological polar surface area (TPSA) is 76.5 Å². The van der Waals surface area contributed by atoms with Crippen LogP contribution in [0.3, 0.4) is 0 Å². The second kappa shape index (κ2) is 7.04. The second-order valence-corrected chi connectivity index (χ2v) is 6.46. The molecule has 1 N–H and O–H groups in total. The fraction of sp³-hybridized carbons (Fsp3) is 0.312. The van der Waals surface area contributed by atoms with E-state index in [0.717, 1.165) is 10.0 Å². The molecule has 0 spiro atoms. The predicted molar refractivity (Wildman–Crippen MR) is 91.7 cm³/mol. The first-order chi connectivity index (χ1) is 11.5. The van der Waals surface area contributed by atoms with Gasteiger partial charge in [0.1, 0.15) is 11.9 Å². The zero-order valence-corrected chi connectivity index (χ0v) is 14.7. The Bertz CT molecular complexity index is 761. The van der Waals surface area contributed by atoms with Gasteiger partial charge < -0.3 is 10.1 Å². The first-order valence-corrected chi connectivity index (χ1v) is 8.29. The Morgan fingerprint density at radius 3 is 3.00 bits per heavy atom. The van der Waals surface area contributed by atoms with Gasteiger partial charge in [-0.1, -0.05) is 28.1 Å². The standard InChI is InChI=1S/C16H17BrN4O3/c1-20-15(5-6-19-20)21-10-13(24-16(21)23)9-18-14(22)8-11-3-2-4-12(17)7-11/h2-7,13H,8-10H2,1H3,(H,18,22). The van der Waals surface area contributed by atoms with Crippen LogP contribution in [0.15, 0.2) is 41.0 Å². The molecule has 0 aliphatic carbocycles. The average molecular weight is 393 g/mol. The summed E-state index contributed by atoms with van der Waals surface area (Å²) in [5.41, 5.74) is 0.918. The monoisotopic (exact) mass is 392 g/mol. The lowest BCUT2D eigenvalue weighted by Crippen LogP contribution is -2.35. The maximum atomic E-state index is 12.0. The van der Waals surface area contributed by atoms with E-state index in [0.29, 0.717) is 12.4 Å². The maximum Gasteiger partial charge on any atom is 0.416 e. The summed E-state index contributed by atoms with van der Waals surface area (Å²) in [5, 5.41) is 6.86. The van der Waals surface area contributed by atoms with E-state index in [-0.39, 0.29) is 25.0 Å². The summed E-state index contributed by atoms with van der Waals surface area (Å²) in [6.45, 7) is 0.669. The molecule has 2 aromatic rings. The van der Waals surface area contributed by atoms with Crippen molar-refractivity contribution in [1.29, 1.82) is 0 Å². The summed E-state index contributed by atoms with van der Waals surface area (Å²) in [4.78, 5) is 25.5. The Kier molecular flexibility index (Phi) is 4.84. The van der Waals surface area contributed by atoms with Gasteiger partial charge in [0.25, 0.3) is 0 Å². The molecule has 2 amide bonds. The van der Waals surface area contributed by atoms with E-state index in [1.54, 1.807) is 24.0 Å². The number of halogens is 1. The molecule has 3 rings (SSSR count). The molecular weight excluding hydrogens is 376 g/mol. The summed E-state index contributed by atoms with van der Waals surface area (Å²) in [5.74, 6) is 0.561. The van der Waals surface area contributed by atoms with Crippen molar-refractivity contribution in [2.24, 2.45) is 7.05 Å². The van der Waals surface area contributed by atoms with Crippen LogP contribution in [0.5, 0.6) is 0 Å². The summed E-state index contributed by atoms with van der Waals surface area (Å²) < 4.78 is 7.84. The molecule has 1 unspecified atom stereocenters. The molecule has 1 aliphatic heterocycles. The number of carbonyl (C=O) groups is 2. The largest absolute Gasteiger partial charge is 0.442 e. The van der Waals surface area contributed by atoms with Gasteiger partial charge in [0.2, 0.25) is 5.91 Å². The van der Waals surface area contributed by atoms with Gasteiger partial charge in [-0.3, -0.25) is 14.4 Å². The highest BCUT2D eigenvalue weighted by atomic mass is 79.9. The molecule has 1 saturated heterocycles. The van der Waals surface area contributed by atoms with Crippen molar-refractivity contribution >= 4 is 33.7 Å². The fourth-order valence-electron chi connectivity index (χ4n) is 2.57. The van der Waals surface area contributed by atoms with Crippen molar-refractivity contribution in [1.82, 2.24) is 15.1 Å². The quantitative estimate of drug-likeness (QED) is 0.842. The molecule has 1 aromatic heterocycles. The number of carbonyl (C=O) groups excluding carboxylic acids is 2. The molecule has 8 heteroatoms. The normalized spacial score (nSPS) is 17.0. The van der Waals surface area contributed by atoms with Crippen LogP contribution in [-0.2, 0) is 23.0 Å². The van der Waals surface area contributed by atoms with Gasteiger partial charge in [0.15, 0.2) is 0 Å². The third-order valence-corrected chi connectivity index (χ3v) is 4.22. The van der Waals surface area contributed by atoms with E-state index < -0.39 is 6.09 Å². The van der Waals surface area contributed by atoms with E-state index in [1.807, 2.05) is 24.3 Å². The summed E-state index contributed by atoms with van der Waals surface area (Å²) in [6, 6.07) is 9.34. The van der Waals surface area contributed by atoms with E-state index in [1.165, 1.54) is 4.90 Å². The molecular formula is C16H17BrN4O3. The molecule has 1 aromatic carbocycles. The van der Waals surface area contributed by atoms with Gasteiger partial charge in [-0.05, 0) is 17.7 Å². The smallest absolute Gasteiger partial charge is 0.416 e. The highest BCUT2D eigenvalue weighted by Gasteiger charge is 2.33. The van der Waals surface area contributed by atoms with Crippen molar-refractivity contribution < 1.29 is 14.3 Å². The number of benzene rings is 1. The van der Waals surface area contributed by atoms with Gasteiger partial charge in [-0.15, -0.1) is 0 Å². The van der Waals surface area contributed by atoms with Gasteiger partial charge in [-0.2, -0.15) is 5.10 Å². The Balaban J connectivity index is 1.51. The third-order valence-electron chi connectivity index (χ3n) is 3.73. The highest BCUT2D eigenvalue weighted by molar-refractivity contribution is 9.10. The van der Waals surface area contributed by atoms with Crippen LogP contribution in [-0.4, -0.2) is 41.0 Å². The number of ether oxygens (including phenoxy) is 1. The summed E-state index contributed by atoms with van der Waals surface area (Å²) >= 11 is 3.38. The van der Waals surface area contributed by atoms with E-state index in [2.05, 4.69) is 26.3 Å². The van der Waals surface area contributed by atoms with E-state index >= 15 is 0 Å². The molecule has 7 nitrogen and oxygen atoms in total. The van der Waals surface area contributed by atoms with Crippen LogP contribution >= 0.6 is 15.9 Å². The fourth-order valence-corrected chi connectivity index (χ4v) is 3.02. The van der Waals surface area contributed by atoms with Crippen LogP contribution in [0, 0.1) is 0 Å². The van der Waals surface area contributed by atoms with Crippen molar-refractivity contribution in [3.05, 3.63) is 46.6 Å². The summed E-state index contributed by atoms with van der Waals surface area (Å²) in [7, 11) is 1.76. The molecule has 0 radical (unpaired) electrons. The molecule has 1 atom stereocenters.